The Labute approximate surface area is 614 Å². The number of benzene rings is 4. The highest BCUT2D eigenvalue weighted by Crippen LogP contribution is 2.94. The van der Waals surface area contributed by atoms with E-state index in [4.69, 9.17) is 36.6 Å². The Morgan fingerprint density at radius 1 is 0.307 bits per heavy atom. The molecule has 4 unspecified atom stereocenters. The molecule has 8 heterocycles. The summed E-state index contributed by atoms with van der Waals surface area (Å²) < 4.78 is 83.6. The quantitative estimate of drug-likeness (QED) is 0.104. The van der Waals surface area contributed by atoms with Gasteiger partial charge in [0.1, 0.15) is 0 Å². The fraction of sp³-hybridized carbons (Fsp3) is 0.724. The van der Waals surface area contributed by atoms with Crippen molar-refractivity contribution in [3.8, 4) is 0 Å². The number of aliphatic hydroxyl groups is 2. The summed E-state index contributed by atoms with van der Waals surface area (Å²) in [6.45, 7) is 80.8. The van der Waals surface area contributed by atoms with E-state index in [1.165, 1.54) is 16.7 Å². The van der Waals surface area contributed by atoms with Gasteiger partial charge in [0, 0.05) is 16.5 Å². The summed E-state index contributed by atoms with van der Waals surface area (Å²) in [5.41, 5.74) is 2.39. The number of hydrogen-bond donors (Lipinski definition) is 2. The average molecular weight is 1430 g/mol. The number of rotatable bonds is 16. The van der Waals surface area contributed by atoms with Gasteiger partial charge >= 0.3 is 35.1 Å². The van der Waals surface area contributed by atoms with E-state index < -0.39 is 125 Å². The highest BCUT2D eigenvalue weighted by atomic mass is 31.2. The Morgan fingerprint density at radius 2 is 0.554 bits per heavy atom. The van der Waals surface area contributed by atoms with E-state index in [9.17, 15) is 19.7 Å². The summed E-state index contributed by atoms with van der Waals surface area (Å²) in [5, 5.41) is 25.7. The average Bonchev–Trinajstić information content (AvgIpc) is 0.597. The molecule has 0 amide bonds. The van der Waals surface area contributed by atoms with Crippen molar-refractivity contribution in [2.75, 3.05) is 13.2 Å². The van der Waals surface area contributed by atoms with E-state index in [1.807, 2.05) is 13.8 Å². The third-order valence-corrected chi connectivity index (χ3v) is 24.3. The first-order valence-electron chi connectivity index (χ1n) is 38.1. The maximum absolute atomic E-state index is 13.6. The van der Waals surface area contributed by atoms with Crippen molar-refractivity contribution in [1.29, 1.82) is 0 Å². The maximum atomic E-state index is 13.6. The molecule has 0 aromatic heterocycles. The van der Waals surface area contributed by atoms with Gasteiger partial charge in [-0.3, -0.25) is 36.6 Å². The van der Waals surface area contributed by atoms with E-state index >= 15 is 0 Å². The highest BCUT2D eigenvalue weighted by molar-refractivity contribution is 7.43. The van der Waals surface area contributed by atoms with Gasteiger partial charge in [0.25, 0.3) is 0 Å². The van der Waals surface area contributed by atoms with Crippen LogP contribution < -0.4 is 0 Å². The minimum Gasteiger partial charge on any atom is -0.396 e. The van der Waals surface area contributed by atoms with Crippen LogP contribution >= 0.6 is 17.2 Å². The fourth-order valence-corrected chi connectivity index (χ4v) is 19.7. The van der Waals surface area contributed by atoms with Crippen molar-refractivity contribution in [3.05, 3.63) is 138 Å². The van der Waals surface area contributed by atoms with Crippen LogP contribution in [0.3, 0.4) is 0 Å². The van der Waals surface area contributed by atoms with Crippen LogP contribution in [0.5, 0.6) is 0 Å². The van der Waals surface area contributed by atoms with Gasteiger partial charge in [-0.1, -0.05) is 284 Å². The zero-order valence-electron chi connectivity index (χ0n) is 69.5. The van der Waals surface area contributed by atoms with Crippen molar-refractivity contribution < 1.29 is 56.3 Å². The molecule has 12 rings (SSSR count). The molecule has 2 N–H and O–H groups in total. The van der Waals surface area contributed by atoms with Crippen LogP contribution in [-0.2, 0) is 132 Å². The van der Waals surface area contributed by atoms with Crippen LogP contribution in [0, 0.1) is 39.9 Å². The Bertz CT molecular complexity index is 3560. The molecule has 8 aliphatic rings. The minimum absolute atomic E-state index is 0.273. The molecular formula is C87H134O12P2. The molecule has 12 nitrogen and oxygen atoms in total. The van der Waals surface area contributed by atoms with Crippen LogP contribution in [0.2, 0.25) is 0 Å². The van der Waals surface area contributed by atoms with Crippen LogP contribution in [0.15, 0.2) is 48.5 Å². The monoisotopic (exact) mass is 1430 g/mol. The third-order valence-electron chi connectivity index (χ3n) is 21.9. The van der Waals surface area contributed by atoms with Gasteiger partial charge in [-0.15, -0.1) is 0 Å². The summed E-state index contributed by atoms with van der Waals surface area (Å²) >= 11 is 0. The smallest absolute Gasteiger partial charge is 0.346 e. The van der Waals surface area contributed by atoms with E-state index in [0.29, 0.717) is 11.5 Å². The van der Waals surface area contributed by atoms with Gasteiger partial charge < -0.3 is 19.7 Å². The van der Waals surface area contributed by atoms with Crippen molar-refractivity contribution in [2.24, 2.45) is 39.9 Å². The van der Waals surface area contributed by atoms with Gasteiger partial charge in [0.2, 0.25) is 17.0 Å². The normalized spacial score (nSPS) is 28.0. The lowest BCUT2D eigenvalue weighted by atomic mass is 9.47. The molecule has 0 aliphatic carbocycles. The van der Waals surface area contributed by atoms with Crippen molar-refractivity contribution >= 4 is 17.2 Å². The first-order valence-corrected chi connectivity index (χ1v) is 40.3. The molecule has 4 aromatic carbocycles. The molecule has 4 aromatic rings. The van der Waals surface area contributed by atoms with Gasteiger partial charge in [0.15, 0.2) is 5.60 Å². The van der Waals surface area contributed by atoms with Crippen LogP contribution in [0.25, 0.3) is 0 Å². The first kappa shape index (κ1) is 80.8. The van der Waals surface area contributed by atoms with Crippen molar-refractivity contribution in [3.63, 3.8) is 0 Å². The van der Waals surface area contributed by atoms with Crippen LogP contribution in [-0.4, -0.2) is 41.3 Å². The predicted octanol–water partition coefficient (Wildman–Crippen LogP) is 22.5. The van der Waals surface area contributed by atoms with Gasteiger partial charge in [-0.25, -0.2) is 0 Å². The highest BCUT2D eigenvalue weighted by Gasteiger charge is 3.05. The molecular weight excluding hydrogens is 1300 g/mol. The van der Waals surface area contributed by atoms with E-state index in [2.05, 4.69) is 284 Å². The maximum Gasteiger partial charge on any atom is 0.346 e. The largest absolute Gasteiger partial charge is 0.396 e. The third kappa shape index (κ3) is 12.7. The number of hydrogen-bond acceptors (Lipinski definition) is 12. The second-order valence-corrected chi connectivity index (χ2v) is 44.5. The number of aliphatic hydroxyl groups excluding tert-OH is 2. The minimum atomic E-state index is -2.53. The Hall–Kier alpha value is -2.74. The lowest BCUT2D eigenvalue weighted by Crippen LogP contribution is -2.96. The molecule has 5 bridgehead atoms. The molecule has 8 saturated heterocycles. The topological polar surface area (TPSA) is 133 Å². The SMILES string of the molecule is CC(C)Cc1cc(C(C)(C)C)c(C2(C(C)(C)CO)OC3(c4c(C(C)(C)C)cc(CC(C)C)cc4C(C)(C)C)OP4OC5(O4)OC4(C(C)(C)CO)OP6OC(O6)(O4)C53C(c3c(C(C)(C)C)cc(CC(C)C)cc3C(C)(C)C)(c3c(C(C)(C)C)cc(CC(C)C)cc3C(C)(C)C)O2)c(C(C)(C)C)c1. The van der Waals surface area contributed by atoms with Gasteiger partial charge in [0.05, 0.1) is 18.6 Å². The summed E-state index contributed by atoms with van der Waals surface area (Å²) in [6, 6.07) is 19.4. The first-order chi connectivity index (χ1) is 45.6. The van der Waals surface area contributed by atoms with Crippen molar-refractivity contribution in [2.45, 2.75) is 353 Å². The summed E-state index contributed by atoms with van der Waals surface area (Å²) in [5.74, 6) is -10.6. The Balaban J connectivity index is 1.76. The summed E-state index contributed by atoms with van der Waals surface area (Å²) in [6.07, 6.45) is 3.13. The van der Waals surface area contributed by atoms with Crippen LogP contribution in [0.4, 0.5) is 0 Å². The van der Waals surface area contributed by atoms with Crippen LogP contribution in [0.1, 0.15) is 338 Å². The lowest BCUT2D eigenvalue weighted by molar-refractivity contribution is -0.736. The zero-order valence-corrected chi connectivity index (χ0v) is 71.3. The molecule has 564 valence electrons. The molecule has 14 heteroatoms. The van der Waals surface area contributed by atoms with E-state index in [0.717, 1.165) is 92.4 Å². The zero-order chi connectivity index (χ0) is 76.2. The van der Waals surface area contributed by atoms with Gasteiger partial charge in [-0.2, -0.15) is 0 Å². The Kier molecular flexibility index (Phi) is 20.1. The lowest BCUT2D eigenvalue weighted by Gasteiger charge is -2.82. The summed E-state index contributed by atoms with van der Waals surface area (Å²) in [7, 11) is -4.93. The van der Waals surface area contributed by atoms with Crippen molar-refractivity contribution in [1.82, 2.24) is 0 Å². The van der Waals surface area contributed by atoms with Gasteiger partial charge in [-0.05, 0) is 184 Å². The molecule has 3 spiro atoms. The second-order valence-electron chi connectivity index (χ2n) is 42.5. The number of ether oxygens (including phenoxy) is 4. The molecule has 8 aliphatic heterocycles. The molecule has 101 heavy (non-hydrogen) atoms. The second kappa shape index (κ2) is 25.2. The van der Waals surface area contributed by atoms with E-state index in [-0.39, 0.29) is 17.8 Å². The molecule has 4 atom stereocenters. The fourth-order valence-electron chi connectivity index (χ4n) is 17.1. The summed E-state index contributed by atoms with van der Waals surface area (Å²) in [4.78, 5) is 0. The molecule has 0 radical (unpaired) electrons. The predicted molar refractivity (Wildman–Crippen MR) is 411 cm³/mol. The molecule has 8 fully saturated rings. The Morgan fingerprint density at radius 3 is 0.802 bits per heavy atom. The molecule has 0 saturated carbocycles. The van der Waals surface area contributed by atoms with E-state index in [1.54, 1.807) is 0 Å². The standard InChI is InChI=1S/C87H134O12P2/c1-51(2)37-55-41-59(71(9,10)11)67(60(42-55)72(12,13)14)81(68-61(73(15,16)17)43-56(38-52(3)4)44-62(68)74(18,19)20)84-83(70-65(77(27,28)29)47-58(40-54(7)8)48-66(70)78(30,31)32,94-100-96-86(84,97-100)92-85(80(35,36)50-89)93-87(84)98-101(95-85)99-87)91-82(90-81,79(33,34)49-88)69-63(75(21,22)23)45-57(39-53(5)6)46-64(69)76(24,25)26/h41-48,51-54,88-89H,37-40,49-50H2,1-36H3.